The summed E-state index contributed by atoms with van der Waals surface area (Å²) in [5.41, 5.74) is 0. The summed E-state index contributed by atoms with van der Waals surface area (Å²) in [6.45, 7) is 0. The Hall–Kier alpha value is -0.210. The van der Waals surface area contributed by atoms with E-state index in [1.54, 1.807) is 11.8 Å². The number of hydrogen-bond donors (Lipinski definition) is 1. The van der Waals surface area contributed by atoms with Gasteiger partial charge in [-0.05, 0) is 30.4 Å². The minimum atomic E-state index is -0.228. The maximum absolute atomic E-state index is 9.72. The lowest BCUT2D eigenvalue weighted by Gasteiger charge is -2.12. The Morgan fingerprint density at radius 2 is 2.00 bits per heavy atom. The zero-order valence-corrected chi connectivity index (χ0v) is 8.96. The Bertz CT molecular complexity index is 181. The van der Waals surface area contributed by atoms with Crippen molar-refractivity contribution in [1.29, 1.82) is 0 Å². The number of hydrogen-bond acceptors (Lipinski definition) is 2. The second-order valence-corrected chi connectivity index (χ2v) is 4.23. The number of aliphatic hydroxyl groups is 1. The first kappa shape index (κ1) is 10.9. The molecule has 0 aliphatic heterocycles. The Morgan fingerprint density at radius 1 is 1.31 bits per heavy atom. The predicted octanol–water partition coefficient (Wildman–Crippen LogP) is 2.97. The smallest absolute Gasteiger partial charge is 0.0752 e. The van der Waals surface area contributed by atoms with Gasteiger partial charge in [0, 0.05) is 0 Å². The van der Waals surface area contributed by atoms with Crippen molar-refractivity contribution in [2.45, 2.75) is 31.8 Å². The summed E-state index contributed by atoms with van der Waals surface area (Å²) in [6.07, 6.45) is 12.6. The topological polar surface area (TPSA) is 20.2 Å². The summed E-state index contributed by atoms with van der Waals surface area (Å²) in [6, 6.07) is 0. The lowest BCUT2D eigenvalue weighted by Crippen LogP contribution is -2.13. The fourth-order valence-corrected chi connectivity index (χ4v) is 2.01. The van der Waals surface area contributed by atoms with Gasteiger partial charge in [-0.1, -0.05) is 31.1 Å². The molecule has 0 aromatic rings. The van der Waals surface area contributed by atoms with Gasteiger partial charge in [-0.15, -0.1) is 11.8 Å². The van der Waals surface area contributed by atoms with Gasteiger partial charge in [0.1, 0.15) is 0 Å². The molecule has 1 fully saturated rings. The van der Waals surface area contributed by atoms with Crippen LogP contribution in [0.1, 0.15) is 25.7 Å². The summed E-state index contributed by atoms with van der Waals surface area (Å²) in [5, 5.41) is 11.7. The highest BCUT2D eigenvalue weighted by molar-refractivity contribution is 8.01. The fourth-order valence-electron chi connectivity index (χ4n) is 1.76. The second-order valence-electron chi connectivity index (χ2n) is 3.48. The molecule has 0 bridgehead atoms. The third-order valence-electron chi connectivity index (χ3n) is 2.52. The molecule has 0 aromatic heterocycles. The normalized spacial score (nSPS) is 22.0. The van der Waals surface area contributed by atoms with Crippen molar-refractivity contribution in [2.24, 2.45) is 5.92 Å². The first-order valence-electron chi connectivity index (χ1n) is 4.89. The standard InChI is InChI=1S/C11H18OS/c1-13-9-5-4-8-11(12)10-6-2-3-7-10/h4-5,8-12H,2-3,6-7H2,1H3/b8-4+,9-5-. The van der Waals surface area contributed by atoms with Crippen molar-refractivity contribution in [3.8, 4) is 0 Å². The molecule has 1 atom stereocenters. The second kappa shape index (κ2) is 6.28. The minimum absolute atomic E-state index is 0.228. The average molecular weight is 198 g/mol. The van der Waals surface area contributed by atoms with Crippen LogP contribution in [-0.2, 0) is 0 Å². The van der Waals surface area contributed by atoms with Crippen LogP contribution in [0.2, 0.25) is 0 Å². The molecule has 1 N–H and O–H groups in total. The molecule has 1 unspecified atom stereocenters. The Kier molecular flexibility index (Phi) is 5.25. The van der Waals surface area contributed by atoms with Crippen molar-refractivity contribution in [3.63, 3.8) is 0 Å². The van der Waals surface area contributed by atoms with E-state index in [1.165, 1.54) is 25.7 Å². The van der Waals surface area contributed by atoms with Gasteiger partial charge in [0.2, 0.25) is 0 Å². The number of allylic oxidation sites excluding steroid dienone is 2. The Balaban J connectivity index is 2.26. The first-order chi connectivity index (χ1) is 6.34. The van der Waals surface area contributed by atoms with Gasteiger partial charge in [-0.3, -0.25) is 0 Å². The van der Waals surface area contributed by atoms with Gasteiger partial charge in [0.25, 0.3) is 0 Å². The van der Waals surface area contributed by atoms with Crippen LogP contribution < -0.4 is 0 Å². The number of aliphatic hydroxyl groups excluding tert-OH is 1. The molecule has 2 heteroatoms. The van der Waals surface area contributed by atoms with Crippen molar-refractivity contribution in [1.82, 2.24) is 0 Å². The predicted molar refractivity (Wildman–Crippen MR) is 59.8 cm³/mol. The third-order valence-corrected chi connectivity index (χ3v) is 2.95. The van der Waals surface area contributed by atoms with Crippen molar-refractivity contribution < 1.29 is 5.11 Å². The molecule has 1 aliphatic carbocycles. The van der Waals surface area contributed by atoms with E-state index in [0.29, 0.717) is 5.92 Å². The van der Waals surface area contributed by atoms with Crippen LogP contribution in [0.4, 0.5) is 0 Å². The summed E-state index contributed by atoms with van der Waals surface area (Å²) < 4.78 is 0. The molecule has 1 rings (SSSR count). The van der Waals surface area contributed by atoms with E-state index >= 15 is 0 Å². The molecule has 0 spiro atoms. The van der Waals surface area contributed by atoms with E-state index in [0.717, 1.165) is 0 Å². The quantitative estimate of drug-likeness (QED) is 0.701. The zero-order chi connectivity index (χ0) is 9.52. The van der Waals surface area contributed by atoms with Crippen molar-refractivity contribution >= 4 is 11.8 Å². The summed E-state index contributed by atoms with van der Waals surface area (Å²) >= 11 is 1.67. The van der Waals surface area contributed by atoms with E-state index in [4.69, 9.17) is 0 Å². The maximum Gasteiger partial charge on any atom is 0.0752 e. The van der Waals surface area contributed by atoms with Gasteiger partial charge >= 0.3 is 0 Å². The minimum Gasteiger partial charge on any atom is -0.389 e. The Morgan fingerprint density at radius 3 is 2.62 bits per heavy atom. The van der Waals surface area contributed by atoms with Gasteiger partial charge in [0.05, 0.1) is 6.10 Å². The molecule has 13 heavy (non-hydrogen) atoms. The largest absolute Gasteiger partial charge is 0.389 e. The number of thioether (sulfide) groups is 1. The van der Waals surface area contributed by atoms with Crippen LogP contribution in [0.5, 0.6) is 0 Å². The molecule has 0 amide bonds. The lowest BCUT2D eigenvalue weighted by atomic mass is 10.0. The highest BCUT2D eigenvalue weighted by atomic mass is 32.2. The van der Waals surface area contributed by atoms with Crippen LogP contribution >= 0.6 is 11.8 Å². The van der Waals surface area contributed by atoms with Crippen LogP contribution in [0.3, 0.4) is 0 Å². The summed E-state index contributed by atoms with van der Waals surface area (Å²) in [4.78, 5) is 0. The molecule has 1 saturated carbocycles. The van der Waals surface area contributed by atoms with Crippen molar-refractivity contribution in [2.75, 3.05) is 6.26 Å². The Labute approximate surface area is 84.9 Å². The zero-order valence-electron chi connectivity index (χ0n) is 8.15. The molecule has 0 saturated heterocycles. The van der Waals surface area contributed by atoms with E-state index in [1.807, 2.05) is 29.9 Å². The van der Waals surface area contributed by atoms with Crippen molar-refractivity contribution in [3.05, 3.63) is 23.6 Å². The van der Waals surface area contributed by atoms with Gasteiger partial charge in [0.15, 0.2) is 0 Å². The van der Waals surface area contributed by atoms with E-state index in [-0.39, 0.29) is 6.10 Å². The van der Waals surface area contributed by atoms with Crippen LogP contribution in [-0.4, -0.2) is 17.5 Å². The molecule has 0 heterocycles. The van der Waals surface area contributed by atoms with E-state index < -0.39 is 0 Å². The summed E-state index contributed by atoms with van der Waals surface area (Å²) in [7, 11) is 0. The van der Waals surface area contributed by atoms with Gasteiger partial charge < -0.3 is 5.11 Å². The highest BCUT2D eigenvalue weighted by Crippen LogP contribution is 2.28. The molecule has 0 radical (unpaired) electrons. The monoisotopic (exact) mass is 198 g/mol. The molecule has 0 aromatic carbocycles. The lowest BCUT2D eigenvalue weighted by molar-refractivity contribution is 0.156. The third kappa shape index (κ3) is 4.01. The van der Waals surface area contributed by atoms with Crippen LogP contribution in [0.15, 0.2) is 23.6 Å². The van der Waals surface area contributed by atoms with Crippen LogP contribution in [0.25, 0.3) is 0 Å². The molecule has 1 aliphatic rings. The van der Waals surface area contributed by atoms with Crippen LogP contribution in [0, 0.1) is 5.92 Å². The van der Waals surface area contributed by atoms with E-state index in [9.17, 15) is 5.11 Å². The molecular weight excluding hydrogens is 180 g/mol. The highest BCUT2D eigenvalue weighted by Gasteiger charge is 2.20. The van der Waals surface area contributed by atoms with Gasteiger partial charge in [-0.25, -0.2) is 0 Å². The first-order valence-corrected chi connectivity index (χ1v) is 6.17. The fraction of sp³-hybridized carbons (Fsp3) is 0.636. The van der Waals surface area contributed by atoms with Gasteiger partial charge in [-0.2, -0.15) is 0 Å². The van der Waals surface area contributed by atoms with E-state index in [2.05, 4.69) is 0 Å². The maximum atomic E-state index is 9.72. The molecule has 74 valence electrons. The SMILES string of the molecule is CS/C=C\C=C\C(O)C1CCCC1. The average Bonchev–Trinajstić information content (AvgIpc) is 2.65. The summed E-state index contributed by atoms with van der Waals surface area (Å²) in [5.74, 6) is 0.513. The molecular formula is C11H18OS. The number of rotatable bonds is 4. The molecule has 1 nitrogen and oxygen atoms in total.